The molecular weight excluding hydrogens is 188 g/mol. The molecule has 0 saturated carbocycles. The van der Waals surface area contributed by atoms with Gasteiger partial charge in [0.1, 0.15) is 5.82 Å². The second-order valence-electron chi connectivity index (χ2n) is 2.12. The SMILES string of the molecule is Nc1ncc(Cl)c(C(F)F)c1N. The molecule has 1 aromatic rings. The van der Waals surface area contributed by atoms with Gasteiger partial charge in [0, 0.05) is 6.20 Å². The maximum Gasteiger partial charge on any atom is 0.267 e. The summed E-state index contributed by atoms with van der Waals surface area (Å²) in [5, 5.41) is -0.170. The van der Waals surface area contributed by atoms with E-state index in [0.717, 1.165) is 6.20 Å². The van der Waals surface area contributed by atoms with Crippen molar-refractivity contribution in [3.8, 4) is 0 Å². The van der Waals surface area contributed by atoms with E-state index >= 15 is 0 Å². The smallest absolute Gasteiger partial charge is 0.267 e. The number of pyridine rings is 1. The van der Waals surface area contributed by atoms with Crippen molar-refractivity contribution in [3.63, 3.8) is 0 Å². The molecule has 12 heavy (non-hydrogen) atoms. The third-order valence-corrected chi connectivity index (χ3v) is 1.66. The van der Waals surface area contributed by atoms with Gasteiger partial charge in [-0.25, -0.2) is 13.8 Å². The van der Waals surface area contributed by atoms with E-state index in [1.165, 1.54) is 0 Å². The number of hydrogen-bond donors (Lipinski definition) is 2. The summed E-state index contributed by atoms with van der Waals surface area (Å²) in [7, 11) is 0. The van der Waals surface area contributed by atoms with E-state index in [0.29, 0.717) is 0 Å². The van der Waals surface area contributed by atoms with Crippen LogP contribution in [0.4, 0.5) is 20.3 Å². The summed E-state index contributed by atoms with van der Waals surface area (Å²) in [5.74, 6) is -0.130. The van der Waals surface area contributed by atoms with Crippen LogP contribution in [0.2, 0.25) is 5.02 Å². The van der Waals surface area contributed by atoms with Gasteiger partial charge in [-0.05, 0) is 0 Å². The molecule has 0 radical (unpaired) electrons. The molecule has 1 aromatic heterocycles. The Labute approximate surface area is 72.3 Å². The highest BCUT2D eigenvalue weighted by Crippen LogP contribution is 2.33. The summed E-state index contributed by atoms with van der Waals surface area (Å²) in [6.45, 7) is 0. The first-order valence-corrected chi connectivity index (χ1v) is 3.39. The first kappa shape index (κ1) is 8.99. The second-order valence-corrected chi connectivity index (χ2v) is 2.53. The van der Waals surface area contributed by atoms with Crippen LogP contribution in [0.25, 0.3) is 0 Å². The summed E-state index contributed by atoms with van der Waals surface area (Å²) in [4.78, 5) is 3.51. The minimum Gasteiger partial charge on any atom is -0.395 e. The normalized spacial score (nSPS) is 10.7. The largest absolute Gasteiger partial charge is 0.395 e. The molecule has 0 saturated heterocycles. The van der Waals surface area contributed by atoms with Gasteiger partial charge in [0.25, 0.3) is 6.43 Å². The summed E-state index contributed by atoms with van der Waals surface area (Å²) in [5.41, 5.74) is 9.72. The summed E-state index contributed by atoms with van der Waals surface area (Å²) in [6.07, 6.45) is -1.68. The van der Waals surface area contributed by atoms with Crippen LogP contribution in [0, 0.1) is 0 Å². The Morgan fingerprint density at radius 2 is 2.00 bits per heavy atom. The third kappa shape index (κ3) is 1.40. The molecule has 0 bridgehead atoms. The van der Waals surface area contributed by atoms with Gasteiger partial charge in [-0.3, -0.25) is 0 Å². The maximum absolute atomic E-state index is 12.2. The number of anilines is 2. The van der Waals surface area contributed by atoms with E-state index < -0.39 is 12.0 Å². The number of rotatable bonds is 1. The molecule has 1 heterocycles. The minimum atomic E-state index is -2.73. The highest BCUT2D eigenvalue weighted by Gasteiger charge is 2.17. The van der Waals surface area contributed by atoms with Crippen LogP contribution in [0.3, 0.4) is 0 Å². The Hall–Kier alpha value is -1.10. The Balaban J connectivity index is 3.33. The molecule has 0 unspecified atom stereocenters. The van der Waals surface area contributed by atoms with Gasteiger partial charge < -0.3 is 11.5 Å². The van der Waals surface area contributed by atoms with Crippen molar-refractivity contribution in [2.45, 2.75) is 6.43 Å². The zero-order valence-corrected chi connectivity index (χ0v) is 6.65. The van der Waals surface area contributed by atoms with Crippen LogP contribution < -0.4 is 11.5 Å². The first-order valence-electron chi connectivity index (χ1n) is 3.01. The minimum absolute atomic E-state index is 0.130. The lowest BCUT2D eigenvalue weighted by molar-refractivity contribution is 0.152. The van der Waals surface area contributed by atoms with Crippen molar-refractivity contribution in [2.75, 3.05) is 11.5 Å². The zero-order valence-electron chi connectivity index (χ0n) is 5.89. The summed E-state index contributed by atoms with van der Waals surface area (Å²) in [6, 6.07) is 0. The van der Waals surface area contributed by atoms with Crippen LogP contribution in [0.15, 0.2) is 6.20 Å². The van der Waals surface area contributed by atoms with Crippen molar-refractivity contribution in [2.24, 2.45) is 0 Å². The predicted molar refractivity (Wildman–Crippen MR) is 43.0 cm³/mol. The van der Waals surface area contributed by atoms with Gasteiger partial charge in [-0.2, -0.15) is 0 Å². The molecule has 3 nitrogen and oxygen atoms in total. The lowest BCUT2D eigenvalue weighted by atomic mass is 10.2. The van der Waals surface area contributed by atoms with Gasteiger partial charge in [0.05, 0.1) is 16.3 Å². The fraction of sp³-hybridized carbons (Fsp3) is 0.167. The number of halogens is 3. The Bertz CT molecular complexity index is 303. The molecule has 1 rings (SSSR count). The van der Waals surface area contributed by atoms with Gasteiger partial charge in [0.2, 0.25) is 0 Å². The molecule has 0 amide bonds. The average Bonchev–Trinajstić information content (AvgIpc) is 1.97. The van der Waals surface area contributed by atoms with Crippen LogP contribution in [-0.2, 0) is 0 Å². The fourth-order valence-electron chi connectivity index (χ4n) is 0.754. The molecule has 0 aliphatic carbocycles. The Morgan fingerprint density at radius 3 is 2.42 bits per heavy atom. The van der Waals surface area contributed by atoms with Crippen molar-refractivity contribution in [3.05, 3.63) is 16.8 Å². The molecule has 0 spiro atoms. The maximum atomic E-state index is 12.2. The van der Waals surface area contributed by atoms with Crippen molar-refractivity contribution >= 4 is 23.1 Å². The van der Waals surface area contributed by atoms with E-state index in [4.69, 9.17) is 23.1 Å². The highest BCUT2D eigenvalue weighted by molar-refractivity contribution is 6.31. The molecule has 0 atom stereocenters. The first-order chi connectivity index (χ1) is 5.54. The molecule has 0 aliphatic heterocycles. The highest BCUT2D eigenvalue weighted by atomic mass is 35.5. The van der Waals surface area contributed by atoms with Gasteiger partial charge in [-0.15, -0.1) is 0 Å². The van der Waals surface area contributed by atoms with Crippen LogP contribution in [0.5, 0.6) is 0 Å². The monoisotopic (exact) mass is 193 g/mol. The standard InChI is InChI=1S/C6H6ClF2N3/c7-2-1-12-6(11)4(10)3(2)5(8)9/h1,5H,10H2,(H2,11,12). The van der Waals surface area contributed by atoms with Crippen molar-refractivity contribution < 1.29 is 8.78 Å². The van der Waals surface area contributed by atoms with E-state index in [-0.39, 0.29) is 16.5 Å². The van der Waals surface area contributed by atoms with Crippen molar-refractivity contribution in [1.82, 2.24) is 4.98 Å². The average molecular weight is 194 g/mol. The van der Waals surface area contributed by atoms with E-state index in [2.05, 4.69) is 4.98 Å². The van der Waals surface area contributed by atoms with E-state index in [1.54, 1.807) is 0 Å². The van der Waals surface area contributed by atoms with Gasteiger partial charge in [0.15, 0.2) is 0 Å². The number of hydrogen-bond acceptors (Lipinski definition) is 3. The molecule has 0 aromatic carbocycles. The Morgan fingerprint density at radius 1 is 1.42 bits per heavy atom. The van der Waals surface area contributed by atoms with E-state index in [9.17, 15) is 8.78 Å². The lowest BCUT2D eigenvalue weighted by Gasteiger charge is -2.07. The quantitative estimate of drug-likeness (QED) is 0.715. The van der Waals surface area contributed by atoms with Crippen molar-refractivity contribution in [1.29, 1.82) is 0 Å². The molecule has 6 heteroatoms. The van der Waals surface area contributed by atoms with Crippen LogP contribution >= 0.6 is 11.6 Å². The summed E-state index contributed by atoms with van der Waals surface area (Å²) < 4.78 is 24.4. The lowest BCUT2D eigenvalue weighted by Crippen LogP contribution is -2.03. The number of nitrogens with zero attached hydrogens (tertiary/aromatic N) is 1. The molecule has 66 valence electrons. The third-order valence-electron chi connectivity index (χ3n) is 1.36. The predicted octanol–water partition coefficient (Wildman–Crippen LogP) is 1.84. The number of nitrogen functional groups attached to an aromatic ring is 2. The number of alkyl halides is 2. The fourth-order valence-corrected chi connectivity index (χ4v) is 0.987. The molecule has 4 N–H and O–H groups in total. The van der Waals surface area contributed by atoms with Gasteiger partial charge in [-0.1, -0.05) is 11.6 Å². The molecular formula is C6H6ClF2N3. The number of nitrogens with two attached hydrogens (primary N) is 2. The summed E-state index contributed by atoms with van der Waals surface area (Å²) >= 11 is 5.42. The number of aromatic nitrogens is 1. The topological polar surface area (TPSA) is 64.9 Å². The molecule has 0 fully saturated rings. The van der Waals surface area contributed by atoms with Crippen LogP contribution in [0.1, 0.15) is 12.0 Å². The Kier molecular flexibility index (Phi) is 2.32. The van der Waals surface area contributed by atoms with E-state index in [1.807, 2.05) is 0 Å². The van der Waals surface area contributed by atoms with Gasteiger partial charge >= 0.3 is 0 Å². The van der Waals surface area contributed by atoms with Crippen LogP contribution in [-0.4, -0.2) is 4.98 Å². The zero-order chi connectivity index (χ0) is 9.30. The molecule has 0 aliphatic rings. The second kappa shape index (κ2) is 3.10.